The minimum absolute atomic E-state index is 0. The number of ketones is 1. The van der Waals surface area contributed by atoms with Crippen molar-refractivity contribution in [2.75, 3.05) is 13.1 Å². The third-order valence-electron chi connectivity index (χ3n) is 5.89. The van der Waals surface area contributed by atoms with Crippen molar-refractivity contribution in [2.45, 2.75) is 73.6 Å². The van der Waals surface area contributed by atoms with Gasteiger partial charge in [0.25, 0.3) is 0 Å². The molecule has 0 bridgehead atoms. The third-order valence-corrected chi connectivity index (χ3v) is 5.89. The quantitative estimate of drug-likeness (QED) is 0.489. The van der Waals surface area contributed by atoms with Gasteiger partial charge in [0.05, 0.1) is 5.92 Å². The molecule has 2 aliphatic rings. The molecule has 1 fully saturated rings. The van der Waals surface area contributed by atoms with E-state index in [0.29, 0.717) is 19.0 Å². The van der Waals surface area contributed by atoms with Gasteiger partial charge in [0.1, 0.15) is 6.79 Å². The highest BCUT2D eigenvalue weighted by Crippen LogP contribution is 2.44. The molecule has 1 N–H and O–H groups in total. The molecule has 0 amide bonds. The van der Waals surface area contributed by atoms with Crippen LogP contribution in [0.3, 0.4) is 0 Å². The molecule has 0 aromatic heterocycles. The molecule has 0 spiro atoms. The van der Waals surface area contributed by atoms with Crippen LogP contribution in [0.15, 0.2) is 36.9 Å². The van der Waals surface area contributed by atoms with E-state index >= 15 is 0 Å². The number of hydrogen-bond acceptors (Lipinski definition) is 4. The second kappa shape index (κ2) is 14.2. The van der Waals surface area contributed by atoms with Gasteiger partial charge in [-0.3, -0.25) is 4.79 Å². The Morgan fingerprint density at radius 2 is 1.69 bits per heavy atom. The largest absolute Gasteiger partial charge is 0.314 e. The van der Waals surface area contributed by atoms with E-state index in [2.05, 4.69) is 53.0 Å². The maximum atomic E-state index is 13.0. The minimum Gasteiger partial charge on any atom is -0.314 e. The molecule has 0 saturated carbocycles. The number of Topliss-reactive ketones (excluding diaryl/α,β-unsaturated/α-hetero) is 1. The molecule has 4 heteroatoms. The summed E-state index contributed by atoms with van der Waals surface area (Å²) in [7, 11) is 0. The Kier molecular flexibility index (Phi) is 13.3. The number of hydroxylamine groups is 2. The Morgan fingerprint density at radius 3 is 2.16 bits per heavy atom. The molecule has 1 saturated heterocycles. The van der Waals surface area contributed by atoms with Crippen LogP contribution in [0.2, 0.25) is 0 Å². The number of piperidine rings is 1. The normalized spacial score (nSPS) is 19.2. The molecular formula is C28H45NO3. The number of carbonyl (C=O) groups excluding carboxylic acids is 2. The number of nitrogens with zero attached hydrogens (tertiary/aromatic N) is 1. The van der Waals surface area contributed by atoms with E-state index in [9.17, 15) is 10.0 Å². The first-order valence-electron chi connectivity index (χ1n) is 11.4. The summed E-state index contributed by atoms with van der Waals surface area (Å²) in [6, 6.07) is 6.26. The van der Waals surface area contributed by atoms with Gasteiger partial charge in [-0.2, -0.15) is 5.06 Å². The third kappa shape index (κ3) is 7.53. The number of allylic oxidation sites excluding steroid dienone is 2. The lowest BCUT2D eigenvalue weighted by molar-refractivity contribution is -0.106. The van der Waals surface area contributed by atoms with Crippen LogP contribution < -0.4 is 0 Å². The summed E-state index contributed by atoms with van der Waals surface area (Å²) in [6.45, 7) is 22.5. The fourth-order valence-corrected chi connectivity index (χ4v) is 4.42. The maximum Gasteiger partial charge on any atom is 0.171 e. The monoisotopic (exact) mass is 443 g/mol. The zero-order valence-electron chi connectivity index (χ0n) is 20.1. The van der Waals surface area contributed by atoms with Crippen LogP contribution in [0.1, 0.15) is 95.1 Å². The van der Waals surface area contributed by atoms with Crippen LogP contribution >= 0.6 is 0 Å². The number of fused-ring (bicyclic) bond motifs is 1. The van der Waals surface area contributed by atoms with E-state index in [1.807, 2.05) is 19.8 Å². The summed E-state index contributed by atoms with van der Waals surface area (Å²) < 4.78 is 0. The van der Waals surface area contributed by atoms with Gasteiger partial charge in [0.15, 0.2) is 5.78 Å². The van der Waals surface area contributed by atoms with Crippen LogP contribution in [0.4, 0.5) is 0 Å². The van der Waals surface area contributed by atoms with E-state index in [-0.39, 0.29) is 25.0 Å². The second-order valence-electron chi connectivity index (χ2n) is 9.37. The van der Waals surface area contributed by atoms with Gasteiger partial charge in [0, 0.05) is 18.7 Å². The predicted octanol–water partition coefficient (Wildman–Crippen LogP) is 7.19. The van der Waals surface area contributed by atoms with Crippen molar-refractivity contribution in [3.63, 3.8) is 0 Å². The fourth-order valence-electron chi connectivity index (χ4n) is 4.42. The van der Waals surface area contributed by atoms with Gasteiger partial charge in [-0.15, -0.1) is 0 Å². The summed E-state index contributed by atoms with van der Waals surface area (Å²) in [5, 5.41) is 11.0. The lowest BCUT2D eigenvalue weighted by Gasteiger charge is -2.28. The highest BCUT2D eigenvalue weighted by atomic mass is 16.5. The molecule has 4 nitrogen and oxygen atoms in total. The lowest BCUT2D eigenvalue weighted by Crippen LogP contribution is -2.29. The summed E-state index contributed by atoms with van der Waals surface area (Å²) in [5.41, 5.74) is 5.15. The molecule has 1 heterocycles. The van der Waals surface area contributed by atoms with Gasteiger partial charge in [-0.1, -0.05) is 78.5 Å². The molecule has 0 radical (unpaired) electrons. The van der Waals surface area contributed by atoms with Crippen molar-refractivity contribution < 1.29 is 14.8 Å². The maximum absolute atomic E-state index is 13.0. The number of rotatable bonds is 5. The smallest absolute Gasteiger partial charge is 0.171 e. The first-order chi connectivity index (χ1) is 14.7. The van der Waals surface area contributed by atoms with Gasteiger partial charge in [-0.25, -0.2) is 0 Å². The Bertz CT molecular complexity index is 757. The molecule has 1 aliphatic heterocycles. The number of carbonyl (C=O) groups is 2. The minimum atomic E-state index is -0.151. The zero-order valence-corrected chi connectivity index (χ0v) is 20.1. The predicted molar refractivity (Wildman–Crippen MR) is 136 cm³/mol. The molecule has 1 aromatic carbocycles. The average molecular weight is 444 g/mol. The van der Waals surface area contributed by atoms with Crippen molar-refractivity contribution >= 4 is 18.1 Å². The molecule has 3 rings (SSSR count). The van der Waals surface area contributed by atoms with Crippen molar-refractivity contribution in [3.05, 3.63) is 53.6 Å². The molecule has 1 aromatic rings. The van der Waals surface area contributed by atoms with Crippen molar-refractivity contribution in [3.8, 4) is 0 Å². The first-order valence-corrected chi connectivity index (χ1v) is 11.4. The summed E-state index contributed by atoms with van der Waals surface area (Å²) in [6.07, 6.45) is 3.91. The number of hydrogen-bond donors (Lipinski definition) is 1. The van der Waals surface area contributed by atoms with Gasteiger partial charge in [-0.05, 0) is 60.6 Å². The topological polar surface area (TPSA) is 57.6 Å². The number of benzene rings is 1. The van der Waals surface area contributed by atoms with Crippen LogP contribution in [0.5, 0.6) is 0 Å². The molecular weight excluding hydrogens is 398 g/mol. The summed E-state index contributed by atoms with van der Waals surface area (Å²) >= 11 is 0. The highest BCUT2D eigenvalue weighted by molar-refractivity contribution is 6.14. The van der Waals surface area contributed by atoms with E-state index in [0.717, 1.165) is 53.9 Å². The fraction of sp³-hybridized carbons (Fsp3) is 0.571. The Morgan fingerprint density at radius 1 is 1.16 bits per heavy atom. The van der Waals surface area contributed by atoms with E-state index in [1.54, 1.807) is 0 Å². The Labute approximate surface area is 196 Å². The van der Waals surface area contributed by atoms with Crippen LogP contribution in [0.25, 0.3) is 5.57 Å². The lowest BCUT2D eigenvalue weighted by atomic mass is 9.79. The van der Waals surface area contributed by atoms with Crippen molar-refractivity contribution in [1.29, 1.82) is 0 Å². The molecule has 2 atom stereocenters. The van der Waals surface area contributed by atoms with E-state index in [4.69, 9.17) is 4.79 Å². The summed E-state index contributed by atoms with van der Waals surface area (Å²) in [4.78, 5) is 21.0. The van der Waals surface area contributed by atoms with E-state index in [1.165, 1.54) is 10.6 Å². The van der Waals surface area contributed by atoms with E-state index < -0.39 is 0 Å². The van der Waals surface area contributed by atoms with Crippen molar-refractivity contribution in [1.82, 2.24) is 5.06 Å². The second-order valence-corrected chi connectivity index (χ2v) is 9.37. The molecule has 32 heavy (non-hydrogen) atoms. The van der Waals surface area contributed by atoms with Gasteiger partial charge in [0.2, 0.25) is 0 Å². The van der Waals surface area contributed by atoms with Crippen LogP contribution in [-0.2, 0) is 4.79 Å². The van der Waals surface area contributed by atoms with Gasteiger partial charge < -0.3 is 10.0 Å². The molecule has 1 aliphatic carbocycles. The molecule has 180 valence electrons. The zero-order chi connectivity index (χ0) is 23.7. The standard InChI is InChI=1S/C22H29NO2.C4H10.CH2O.CH4/c1-5-6-18(14(2)3)21-15(4)20-13-17(7-8-19(20)22(21)24)16-9-11-23(25)12-10-16;1-4(2)3;1-2;/h7-8,13,16,18,21,25H,2,4-6,9-12H2,1,3H3;4H,1-3H3;1H2;1H4. The molecule has 2 unspecified atom stereocenters. The van der Waals surface area contributed by atoms with Gasteiger partial charge >= 0.3 is 0 Å². The van der Waals surface area contributed by atoms with Crippen LogP contribution in [-0.4, -0.2) is 35.9 Å². The van der Waals surface area contributed by atoms with Crippen molar-refractivity contribution in [2.24, 2.45) is 17.8 Å². The average Bonchev–Trinajstić information content (AvgIpc) is 2.97. The summed E-state index contributed by atoms with van der Waals surface area (Å²) in [5.74, 6) is 1.52. The Balaban J connectivity index is 0.00000124. The first kappa shape index (κ1) is 30.0. The Hall–Kier alpha value is -2.04. The highest BCUT2D eigenvalue weighted by Gasteiger charge is 2.39. The van der Waals surface area contributed by atoms with Crippen LogP contribution in [0, 0.1) is 17.8 Å². The SMILES string of the molecule is C.C=C(C)C(CCC)C1C(=C)c2cc(C3CCN(O)CC3)ccc2C1=O.C=O.CC(C)C.